The zero-order valence-electron chi connectivity index (χ0n) is 15.9. The highest BCUT2D eigenvalue weighted by atomic mass is 16.3. The van der Waals surface area contributed by atoms with E-state index < -0.39 is 12.2 Å². The van der Waals surface area contributed by atoms with Crippen LogP contribution in [-0.4, -0.2) is 59.2 Å². The van der Waals surface area contributed by atoms with Crippen LogP contribution in [0.5, 0.6) is 0 Å². The van der Waals surface area contributed by atoms with Gasteiger partial charge in [-0.3, -0.25) is 0 Å². The monoisotopic (exact) mass is 331 g/mol. The molecule has 0 heterocycles. The van der Waals surface area contributed by atoms with Gasteiger partial charge in [0, 0.05) is 25.0 Å². The van der Waals surface area contributed by atoms with E-state index in [1.54, 1.807) is 6.92 Å². The van der Waals surface area contributed by atoms with Crippen LogP contribution in [0.1, 0.15) is 72.1 Å². The summed E-state index contributed by atoms with van der Waals surface area (Å²) in [5, 5.41) is 29.4. The minimum atomic E-state index is -0.661. The van der Waals surface area contributed by atoms with E-state index in [4.69, 9.17) is 5.11 Å². The van der Waals surface area contributed by atoms with Crippen molar-refractivity contribution in [1.29, 1.82) is 0 Å². The van der Waals surface area contributed by atoms with Crippen LogP contribution < -0.4 is 0 Å². The average Bonchev–Trinajstić information content (AvgIpc) is 2.54. The molecule has 0 amide bonds. The maximum Gasteiger partial charge on any atom is 0.0717 e. The van der Waals surface area contributed by atoms with Gasteiger partial charge in [0.1, 0.15) is 0 Å². The molecular formula is C19H41NO3. The first-order valence-corrected chi connectivity index (χ1v) is 9.59. The van der Waals surface area contributed by atoms with E-state index >= 15 is 0 Å². The zero-order chi connectivity index (χ0) is 17.7. The third-order valence-corrected chi connectivity index (χ3v) is 4.91. The molecule has 0 unspecified atom stereocenters. The fraction of sp³-hybridized carbons (Fsp3) is 1.00. The fourth-order valence-corrected chi connectivity index (χ4v) is 2.95. The number of aliphatic hydroxyl groups is 3. The van der Waals surface area contributed by atoms with Gasteiger partial charge < -0.3 is 20.2 Å². The van der Waals surface area contributed by atoms with Gasteiger partial charge in [-0.15, -0.1) is 0 Å². The molecule has 0 aliphatic carbocycles. The third-order valence-electron chi connectivity index (χ3n) is 4.91. The van der Waals surface area contributed by atoms with Crippen molar-refractivity contribution in [2.24, 2.45) is 11.8 Å². The smallest absolute Gasteiger partial charge is 0.0717 e. The van der Waals surface area contributed by atoms with E-state index in [9.17, 15) is 10.2 Å². The molecule has 0 bridgehead atoms. The molecule has 23 heavy (non-hydrogen) atoms. The Morgan fingerprint density at radius 2 is 1.39 bits per heavy atom. The average molecular weight is 332 g/mol. The van der Waals surface area contributed by atoms with Crippen molar-refractivity contribution in [1.82, 2.24) is 4.90 Å². The van der Waals surface area contributed by atoms with Crippen molar-refractivity contribution >= 4 is 0 Å². The maximum absolute atomic E-state index is 10.2. The highest BCUT2D eigenvalue weighted by molar-refractivity contribution is 4.78. The zero-order valence-corrected chi connectivity index (χ0v) is 15.9. The summed E-state index contributed by atoms with van der Waals surface area (Å²) in [5.41, 5.74) is 0. The molecule has 0 aromatic heterocycles. The summed E-state index contributed by atoms with van der Waals surface area (Å²) in [7, 11) is 2.03. The van der Waals surface area contributed by atoms with Crippen LogP contribution in [0, 0.1) is 11.8 Å². The van der Waals surface area contributed by atoms with Crippen LogP contribution in [-0.2, 0) is 0 Å². The van der Waals surface area contributed by atoms with Crippen LogP contribution in [0.3, 0.4) is 0 Å². The third kappa shape index (κ3) is 11.1. The van der Waals surface area contributed by atoms with Crippen LogP contribution in [0.4, 0.5) is 0 Å². The quantitative estimate of drug-likeness (QED) is 0.404. The van der Waals surface area contributed by atoms with Crippen molar-refractivity contribution < 1.29 is 15.3 Å². The summed E-state index contributed by atoms with van der Waals surface area (Å²) in [6.07, 6.45) is 9.25. The Morgan fingerprint density at radius 1 is 0.870 bits per heavy atom. The molecule has 0 aromatic rings. The Hall–Kier alpha value is -0.160. The standard InChI is InChI=1S/C19H41NO3/c1-5-6-7-8-9-10-11-12-13-20(4)14-18(22)17(3)19(23)16(2)15-21/h16-19,21-23H,5-15H2,1-4H3/t16-,17-,18+,19-/m1/s1. The Labute approximate surface area is 143 Å². The second-order valence-corrected chi connectivity index (χ2v) is 7.31. The predicted octanol–water partition coefficient (Wildman–Crippen LogP) is 3.05. The minimum Gasteiger partial charge on any atom is -0.396 e. The van der Waals surface area contributed by atoms with Gasteiger partial charge in [-0.1, -0.05) is 65.7 Å². The second kappa shape index (κ2) is 14.2. The van der Waals surface area contributed by atoms with Crippen molar-refractivity contribution in [2.75, 3.05) is 26.7 Å². The molecule has 140 valence electrons. The van der Waals surface area contributed by atoms with Gasteiger partial charge in [0.2, 0.25) is 0 Å². The number of rotatable bonds is 15. The number of hydrogen-bond acceptors (Lipinski definition) is 4. The number of likely N-dealkylation sites (N-methyl/N-ethyl adjacent to an activating group) is 1. The van der Waals surface area contributed by atoms with E-state index in [1.807, 2.05) is 14.0 Å². The Morgan fingerprint density at radius 3 is 1.91 bits per heavy atom. The Balaban J connectivity index is 3.73. The normalized spacial score (nSPS) is 17.2. The lowest BCUT2D eigenvalue weighted by Crippen LogP contribution is -2.41. The molecule has 0 radical (unpaired) electrons. The molecule has 0 rings (SSSR count). The minimum absolute atomic E-state index is 0.0493. The number of aliphatic hydroxyl groups excluding tert-OH is 3. The lowest BCUT2D eigenvalue weighted by molar-refractivity contribution is -0.0283. The molecule has 3 N–H and O–H groups in total. The van der Waals surface area contributed by atoms with Gasteiger partial charge in [0.25, 0.3) is 0 Å². The van der Waals surface area contributed by atoms with E-state index in [0.717, 1.165) is 6.54 Å². The largest absolute Gasteiger partial charge is 0.396 e. The van der Waals surface area contributed by atoms with Gasteiger partial charge in [0.05, 0.1) is 12.2 Å². The molecule has 0 aliphatic heterocycles. The molecule has 0 spiro atoms. The summed E-state index contributed by atoms with van der Waals surface area (Å²) < 4.78 is 0. The lowest BCUT2D eigenvalue weighted by Gasteiger charge is -2.30. The van der Waals surface area contributed by atoms with Crippen LogP contribution in [0.15, 0.2) is 0 Å². The summed E-state index contributed by atoms with van der Waals surface area (Å²) in [4.78, 5) is 2.15. The molecule has 0 fully saturated rings. The first-order valence-electron chi connectivity index (χ1n) is 9.59. The summed E-state index contributed by atoms with van der Waals surface area (Å²) >= 11 is 0. The lowest BCUT2D eigenvalue weighted by atomic mass is 9.89. The SMILES string of the molecule is CCCCCCCCCCN(C)C[C@H](O)[C@@H](C)[C@H](O)[C@H](C)CO. The van der Waals surface area contributed by atoms with E-state index in [1.165, 1.54) is 51.4 Å². The first-order chi connectivity index (χ1) is 10.9. The number of unbranched alkanes of at least 4 members (excludes halogenated alkanes) is 7. The van der Waals surface area contributed by atoms with Crippen molar-refractivity contribution in [2.45, 2.75) is 84.3 Å². The topological polar surface area (TPSA) is 63.9 Å². The summed E-state index contributed by atoms with van der Waals surface area (Å²) in [5.74, 6) is -0.421. The molecular weight excluding hydrogens is 290 g/mol. The Kier molecular flexibility index (Phi) is 14.1. The highest BCUT2D eigenvalue weighted by Crippen LogP contribution is 2.17. The molecule has 0 aromatic carbocycles. The molecule has 0 saturated heterocycles. The molecule has 0 aliphatic rings. The second-order valence-electron chi connectivity index (χ2n) is 7.31. The van der Waals surface area contributed by atoms with E-state index in [-0.39, 0.29) is 18.4 Å². The van der Waals surface area contributed by atoms with Crippen LogP contribution in [0.25, 0.3) is 0 Å². The molecule has 0 saturated carbocycles. The van der Waals surface area contributed by atoms with Gasteiger partial charge in [0.15, 0.2) is 0 Å². The van der Waals surface area contributed by atoms with Gasteiger partial charge >= 0.3 is 0 Å². The maximum atomic E-state index is 10.2. The summed E-state index contributed by atoms with van der Waals surface area (Å²) in [6.45, 7) is 7.42. The number of hydrogen-bond donors (Lipinski definition) is 3. The summed E-state index contributed by atoms with van der Waals surface area (Å²) in [6, 6.07) is 0. The Bertz CT molecular complexity index is 263. The van der Waals surface area contributed by atoms with E-state index in [2.05, 4.69) is 11.8 Å². The van der Waals surface area contributed by atoms with E-state index in [0.29, 0.717) is 6.54 Å². The fourth-order valence-electron chi connectivity index (χ4n) is 2.95. The first kappa shape index (κ1) is 22.8. The highest BCUT2D eigenvalue weighted by Gasteiger charge is 2.27. The van der Waals surface area contributed by atoms with Gasteiger partial charge in [-0.05, 0) is 20.0 Å². The van der Waals surface area contributed by atoms with Crippen LogP contribution in [0.2, 0.25) is 0 Å². The predicted molar refractivity (Wildman–Crippen MR) is 97.5 cm³/mol. The van der Waals surface area contributed by atoms with Gasteiger partial charge in [-0.25, -0.2) is 0 Å². The molecule has 4 nitrogen and oxygen atoms in total. The van der Waals surface area contributed by atoms with Gasteiger partial charge in [-0.2, -0.15) is 0 Å². The van der Waals surface area contributed by atoms with Crippen molar-refractivity contribution in [3.8, 4) is 0 Å². The molecule has 4 atom stereocenters. The van der Waals surface area contributed by atoms with Crippen LogP contribution >= 0.6 is 0 Å². The van der Waals surface area contributed by atoms with Crippen molar-refractivity contribution in [3.63, 3.8) is 0 Å². The number of nitrogens with zero attached hydrogens (tertiary/aromatic N) is 1. The van der Waals surface area contributed by atoms with Crippen molar-refractivity contribution in [3.05, 3.63) is 0 Å². The molecule has 4 heteroatoms.